The summed E-state index contributed by atoms with van der Waals surface area (Å²) >= 11 is 0. The Balaban J connectivity index is 1.92. The SMILES string of the molecule is Cc1cc(NCc2ccc(C(N)=O)cc2)c2cccc([N+](=O)[O-])c2n1. The van der Waals surface area contributed by atoms with Crippen LogP contribution in [-0.2, 0) is 6.54 Å². The lowest BCUT2D eigenvalue weighted by Crippen LogP contribution is -2.10. The highest BCUT2D eigenvalue weighted by Crippen LogP contribution is 2.30. The number of carbonyl (C=O) groups excluding carboxylic acids is 1. The van der Waals surface area contributed by atoms with Crippen LogP contribution < -0.4 is 11.1 Å². The Bertz CT molecular complexity index is 968. The highest BCUT2D eigenvalue weighted by molar-refractivity contribution is 5.96. The third-order valence-electron chi connectivity index (χ3n) is 3.86. The number of para-hydroxylation sites is 1. The Morgan fingerprint density at radius 2 is 1.96 bits per heavy atom. The lowest BCUT2D eigenvalue weighted by molar-refractivity contribution is -0.383. The normalized spacial score (nSPS) is 10.6. The molecular weight excluding hydrogens is 320 g/mol. The summed E-state index contributed by atoms with van der Waals surface area (Å²) in [5.74, 6) is -0.470. The van der Waals surface area contributed by atoms with Crippen molar-refractivity contribution in [2.45, 2.75) is 13.5 Å². The molecule has 1 heterocycles. The van der Waals surface area contributed by atoms with Crippen molar-refractivity contribution in [3.63, 3.8) is 0 Å². The van der Waals surface area contributed by atoms with Crippen molar-refractivity contribution in [2.75, 3.05) is 5.32 Å². The van der Waals surface area contributed by atoms with Gasteiger partial charge >= 0.3 is 0 Å². The van der Waals surface area contributed by atoms with E-state index in [1.54, 1.807) is 31.2 Å². The molecule has 2 aromatic carbocycles. The quantitative estimate of drug-likeness (QED) is 0.549. The highest BCUT2D eigenvalue weighted by atomic mass is 16.6. The number of pyridine rings is 1. The van der Waals surface area contributed by atoms with E-state index in [-0.39, 0.29) is 5.69 Å². The van der Waals surface area contributed by atoms with Crippen LogP contribution in [-0.4, -0.2) is 15.8 Å². The number of nitro benzene ring substituents is 1. The smallest absolute Gasteiger partial charge is 0.295 e. The first kappa shape index (κ1) is 16.4. The van der Waals surface area contributed by atoms with Crippen LogP contribution in [0.4, 0.5) is 11.4 Å². The molecule has 0 radical (unpaired) electrons. The number of carbonyl (C=O) groups is 1. The van der Waals surface area contributed by atoms with Crippen molar-refractivity contribution in [1.82, 2.24) is 4.98 Å². The summed E-state index contributed by atoms with van der Waals surface area (Å²) in [5, 5.41) is 15.2. The molecule has 0 fully saturated rings. The lowest BCUT2D eigenvalue weighted by Gasteiger charge is -2.11. The first-order valence-corrected chi connectivity index (χ1v) is 7.63. The van der Waals surface area contributed by atoms with E-state index >= 15 is 0 Å². The van der Waals surface area contributed by atoms with E-state index < -0.39 is 10.8 Å². The minimum atomic E-state index is -0.470. The monoisotopic (exact) mass is 336 g/mol. The van der Waals surface area contributed by atoms with Gasteiger partial charge in [-0.1, -0.05) is 24.3 Å². The molecule has 3 N–H and O–H groups in total. The van der Waals surface area contributed by atoms with E-state index in [2.05, 4.69) is 10.3 Å². The predicted molar refractivity (Wildman–Crippen MR) is 95.4 cm³/mol. The molecule has 0 unspecified atom stereocenters. The highest BCUT2D eigenvalue weighted by Gasteiger charge is 2.15. The number of nitro groups is 1. The molecule has 3 aromatic rings. The Labute approximate surface area is 143 Å². The number of anilines is 1. The molecule has 0 spiro atoms. The van der Waals surface area contributed by atoms with Crippen LogP contribution in [0.2, 0.25) is 0 Å². The van der Waals surface area contributed by atoms with Crippen molar-refractivity contribution in [3.05, 3.63) is 75.5 Å². The van der Waals surface area contributed by atoms with Gasteiger partial charge in [0.1, 0.15) is 0 Å². The topological polar surface area (TPSA) is 111 Å². The largest absolute Gasteiger partial charge is 0.380 e. The molecule has 126 valence electrons. The van der Waals surface area contributed by atoms with Gasteiger partial charge in [-0.2, -0.15) is 0 Å². The van der Waals surface area contributed by atoms with Crippen molar-refractivity contribution in [2.24, 2.45) is 5.73 Å². The van der Waals surface area contributed by atoms with Gasteiger partial charge in [0.15, 0.2) is 5.52 Å². The van der Waals surface area contributed by atoms with Gasteiger partial charge in [0, 0.05) is 34.9 Å². The van der Waals surface area contributed by atoms with Crippen molar-refractivity contribution < 1.29 is 9.72 Å². The second-order valence-electron chi connectivity index (χ2n) is 5.66. The van der Waals surface area contributed by atoms with Crippen molar-refractivity contribution in [3.8, 4) is 0 Å². The summed E-state index contributed by atoms with van der Waals surface area (Å²) in [6, 6.07) is 13.7. The first-order valence-electron chi connectivity index (χ1n) is 7.63. The maximum atomic E-state index is 11.2. The maximum Gasteiger partial charge on any atom is 0.295 e. The molecule has 1 amide bonds. The minimum absolute atomic E-state index is 0.0185. The van der Waals surface area contributed by atoms with Crippen LogP contribution in [0.15, 0.2) is 48.5 Å². The van der Waals surface area contributed by atoms with Crippen LogP contribution in [0.3, 0.4) is 0 Å². The predicted octanol–water partition coefficient (Wildman–Crippen LogP) is 3.16. The van der Waals surface area contributed by atoms with Crippen LogP contribution in [0, 0.1) is 17.0 Å². The maximum absolute atomic E-state index is 11.2. The number of primary amides is 1. The Morgan fingerprint density at radius 1 is 1.24 bits per heavy atom. The average Bonchev–Trinajstić information content (AvgIpc) is 2.59. The Hall–Kier alpha value is -3.48. The third kappa shape index (κ3) is 3.40. The number of amides is 1. The molecule has 0 bridgehead atoms. The van der Waals surface area contributed by atoms with E-state index in [9.17, 15) is 14.9 Å². The standard InChI is InChI=1S/C18H16N4O3/c1-11-9-15(14-3-2-4-16(22(24)25)17(14)21-11)20-10-12-5-7-13(8-6-12)18(19)23/h2-9H,10H2,1H3,(H2,19,23)(H,20,21). The molecule has 0 aliphatic rings. The lowest BCUT2D eigenvalue weighted by atomic mass is 10.1. The second-order valence-corrected chi connectivity index (χ2v) is 5.66. The van der Waals surface area contributed by atoms with E-state index in [0.29, 0.717) is 28.7 Å². The molecule has 3 rings (SSSR count). The zero-order valence-electron chi connectivity index (χ0n) is 13.5. The van der Waals surface area contributed by atoms with E-state index in [0.717, 1.165) is 11.3 Å². The third-order valence-corrected chi connectivity index (χ3v) is 3.86. The number of non-ortho nitro benzene ring substituents is 1. The van der Waals surface area contributed by atoms with Gasteiger partial charge < -0.3 is 11.1 Å². The second kappa shape index (κ2) is 6.56. The molecule has 7 nitrogen and oxygen atoms in total. The average molecular weight is 336 g/mol. The fraction of sp³-hybridized carbons (Fsp3) is 0.111. The summed E-state index contributed by atoms with van der Waals surface area (Å²) < 4.78 is 0. The zero-order valence-corrected chi connectivity index (χ0v) is 13.5. The fourth-order valence-electron chi connectivity index (χ4n) is 2.64. The van der Waals surface area contributed by atoms with E-state index in [1.165, 1.54) is 6.07 Å². The van der Waals surface area contributed by atoms with E-state index in [4.69, 9.17) is 5.73 Å². The number of rotatable bonds is 5. The molecule has 0 atom stereocenters. The minimum Gasteiger partial charge on any atom is -0.380 e. The molecule has 0 aliphatic heterocycles. The number of benzene rings is 2. The summed E-state index contributed by atoms with van der Waals surface area (Å²) in [6.45, 7) is 2.29. The molecule has 0 saturated carbocycles. The van der Waals surface area contributed by atoms with E-state index in [1.807, 2.05) is 18.2 Å². The molecule has 25 heavy (non-hydrogen) atoms. The summed E-state index contributed by atoms with van der Waals surface area (Å²) in [7, 11) is 0. The number of nitrogens with one attached hydrogen (secondary N) is 1. The Morgan fingerprint density at radius 3 is 2.60 bits per heavy atom. The number of hydrogen-bond acceptors (Lipinski definition) is 5. The van der Waals surface area contributed by atoms with Gasteiger partial charge in [0.05, 0.1) is 4.92 Å². The summed E-state index contributed by atoms with van der Waals surface area (Å²) in [6.07, 6.45) is 0. The van der Waals surface area contributed by atoms with Gasteiger partial charge in [0.2, 0.25) is 5.91 Å². The summed E-state index contributed by atoms with van der Waals surface area (Å²) in [4.78, 5) is 26.2. The molecule has 7 heteroatoms. The van der Waals surface area contributed by atoms with Gasteiger partial charge in [-0.15, -0.1) is 0 Å². The zero-order chi connectivity index (χ0) is 18.0. The van der Waals surface area contributed by atoms with Gasteiger partial charge in [0.25, 0.3) is 5.69 Å². The number of nitrogens with zero attached hydrogens (tertiary/aromatic N) is 2. The van der Waals surface area contributed by atoms with Crippen LogP contribution >= 0.6 is 0 Å². The number of nitrogens with two attached hydrogens (primary N) is 1. The molecule has 0 saturated heterocycles. The van der Waals surface area contributed by atoms with Gasteiger partial charge in [-0.3, -0.25) is 14.9 Å². The van der Waals surface area contributed by atoms with Gasteiger partial charge in [-0.25, -0.2) is 4.98 Å². The van der Waals surface area contributed by atoms with Crippen LogP contribution in [0.5, 0.6) is 0 Å². The fourth-order valence-corrected chi connectivity index (χ4v) is 2.64. The number of fused-ring (bicyclic) bond motifs is 1. The number of hydrogen-bond donors (Lipinski definition) is 2. The molecule has 1 aromatic heterocycles. The summed E-state index contributed by atoms with van der Waals surface area (Å²) in [5.41, 5.74) is 8.43. The number of aryl methyl sites for hydroxylation is 1. The molecular formula is C18H16N4O3. The Kier molecular flexibility index (Phi) is 4.30. The number of aromatic nitrogens is 1. The van der Waals surface area contributed by atoms with Crippen molar-refractivity contribution >= 4 is 28.2 Å². The van der Waals surface area contributed by atoms with Crippen molar-refractivity contribution in [1.29, 1.82) is 0 Å². The van der Waals surface area contributed by atoms with Crippen LogP contribution in [0.1, 0.15) is 21.6 Å². The molecule has 0 aliphatic carbocycles. The van der Waals surface area contributed by atoms with Crippen LogP contribution in [0.25, 0.3) is 10.9 Å². The van der Waals surface area contributed by atoms with Gasteiger partial charge in [-0.05, 0) is 30.7 Å². The first-order chi connectivity index (χ1) is 12.0.